The van der Waals surface area contributed by atoms with Crippen molar-refractivity contribution in [1.29, 1.82) is 0 Å². The molecule has 4 aromatic rings. The molecule has 0 unspecified atom stereocenters. The van der Waals surface area contributed by atoms with Gasteiger partial charge in [0.2, 0.25) is 10.0 Å². The second-order valence-electron chi connectivity index (χ2n) is 7.46. The fraction of sp³-hybridized carbons (Fsp3) is 0.381. The van der Waals surface area contributed by atoms with E-state index in [2.05, 4.69) is 10.1 Å². The number of aryl methyl sites for hydroxylation is 2. The van der Waals surface area contributed by atoms with Gasteiger partial charge in [0.25, 0.3) is 0 Å². The molecule has 0 saturated heterocycles. The van der Waals surface area contributed by atoms with Gasteiger partial charge in [0.1, 0.15) is 11.2 Å². The van der Waals surface area contributed by atoms with Crippen molar-refractivity contribution in [2.75, 3.05) is 13.1 Å². The minimum Gasteiger partial charge on any atom is -0.225 e. The Morgan fingerprint density at radius 2 is 1.97 bits per heavy atom. The van der Waals surface area contributed by atoms with Gasteiger partial charge in [-0.3, -0.25) is 0 Å². The standard InChI is InChI=1S/C21H23N5O2S2/c1-3-25(4-2)30(27,28)15-9-7-8-14(12-15)19-23-20-18-16-10-5-6-11-17(16)29-21(18)22-13-26(20)24-19/h7-9,12-13H,3-6,10-11H2,1-2H3. The second-order valence-corrected chi connectivity index (χ2v) is 10.5. The van der Waals surface area contributed by atoms with E-state index in [4.69, 9.17) is 4.98 Å². The van der Waals surface area contributed by atoms with Crippen LogP contribution in [0.4, 0.5) is 0 Å². The topological polar surface area (TPSA) is 80.5 Å². The van der Waals surface area contributed by atoms with Crippen LogP contribution < -0.4 is 0 Å². The number of benzene rings is 1. The van der Waals surface area contributed by atoms with Gasteiger partial charge in [0.15, 0.2) is 11.5 Å². The number of thiophene rings is 1. The molecule has 0 aliphatic heterocycles. The fourth-order valence-corrected chi connectivity index (χ4v) is 6.91. The first-order valence-corrected chi connectivity index (χ1v) is 12.5. The van der Waals surface area contributed by atoms with E-state index >= 15 is 0 Å². The maximum atomic E-state index is 12.9. The molecule has 0 saturated carbocycles. The normalized spacial score (nSPS) is 14.6. The van der Waals surface area contributed by atoms with E-state index in [-0.39, 0.29) is 4.90 Å². The minimum absolute atomic E-state index is 0.263. The van der Waals surface area contributed by atoms with Crippen molar-refractivity contribution in [2.45, 2.75) is 44.4 Å². The molecule has 156 valence electrons. The summed E-state index contributed by atoms with van der Waals surface area (Å²) in [5, 5.41) is 5.71. The Labute approximate surface area is 179 Å². The van der Waals surface area contributed by atoms with Crippen LogP contribution >= 0.6 is 11.3 Å². The van der Waals surface area contributed by atoms with Gasteiger partial charge < -0.3 is 0 Å². The molecule has 7 nitrogen and oxygen atoms in total. The van der Waals surface area contributed by atoms with E-state index in [1.807, 2.05) is 19.9 Å². The van der Waals surface area contributed by atoms with Crippen molar-refractivity contribution in [3.05, 3.63) is 41.0 Å². The van der Waals surface area contributed by atoms with Crippen LogP contribution in [-0.2, 0) is 22.9 Å². The molecule has 30 heavy (non-hydrogen) atoms. The van der Waals surface area contributed by atoms with Crippen LogP contribution in [0.1, 0.15) is 37.1 Å². The van der Waals surface area contributed by atoms with E-state index in [1.165, 1.54) is 27.6 Å². The number of fused-ring (bicyclic) bond motifs is 5. The van der Waals surface area contributed by atoms with E-state index in [0.717, 1.165) is 28.7 Å². The molecule has 0 spiro atoms. The zero-order chi connectivity index (χ0) is 20.9. The molecule has 0 fully saturated rings. The van der Waals surface area contributed by atoms with Crippen LogP contribution in [0.3, 0.4) is 0 Å². The summed E-state index contributed by atoms with van der Waals surface area (Å²) in [6, 6.07) is 6.89. The summed E-state index contributed by atoms with van der Waals surface area (Å²) >= 11 is 1.76. The maximum absolute atomic E-state index is 12.9. The van der Waals surface area contributed by atoms with Gasteiger partial charge in [0, 0.05) is 23.5 Å². The zero-order valence-electron chi connectivity index (χ0n) is 17.0. The van der Waals surface area contributed by atoms with E-state index in [9.17, 15) is 8.42 Å². The largest absolute Gasteiger partial charge is 0.243 e. The first kappa shape index (κ1) is 19.6. The average Bonchev–Trinajstić information content (AvgIpc) is 3.35. The summed E-state index contributed by atoms with van der Waals surface area (Å²) in [5.41, 5.74) is 2.84. The van der Waals surface area contributed by atoms with Crippen LogP contribution in [-0.4, -0.2) is 45.4 Å². The molecule has 5 rings (SSSR count). The van der Waals surface area contributed by atoms with Crippen molar-refractivity contribution >= 4 is 37.2 Å². The number of hydrogen-bond donors (Lipinski definition) is 0. The van der Waals surface area contributed by atoms with E-state index in [0.29, 0.717) is 24.5 Å². The first-order valence-electron chi connectivity index (χ1n) is 10.3. The number of aromatic nitrogens is 4. The monoisotopic (exact) mass is 441 g/mol. The molecule has 0 atom stereocenters. The summed E-state index contributed by atoms with van der Waals surface area (Å²) in [7, 11) is -3.54. The fourth-order valence-electron chi connectivity index (χ4n) is 4.18. The van der Waals surface area contributed by atoms with Gasteiger partial charge in [-0.05, 0) is 43.4 Å². The highest BCUT2D eigenvalue weighted by Crippen LogP contribution is 2.37. The second kappa shape index (κ2) is 7.40. The zero-order valence-corrected chi connectivity index (χ0v) is 18.6. The highest BCUT2D eigenvalue weighted by Gasteiger charge is 2.24. The van der Waals surface area contributed by atoms with Crippen molar-refractivity contribution in [2.24, 2.45) is 0 Å². The smallest absolute Gasteiger partial charge is 0.225 e. The Hall–Kier alpha value is -2.36. The Morgan fingerprint density at radius 3 is 2.77 bits per heavy atom. The number of rotatable bonds is 5. The summed E-state index contributed by atoms with van der Waals surface area (Å²) < 4.78 is 29.0. The quantitative estimate of drug-likeness (QED) is 0.469. The lowest BCUT2D eigenvalue weighted by Crippen LogP contribution is -2.30. The molecule has 9 heteroatoms. The van der Waals surface area contributed by atoms with Gasteiger partial charge in [-0.15, -0.1) is 16.4 Å². The predicted octanol–water partition coefficient (Wildman–Crippen LogP) is 3.92. The van der Waals surface area contributed by atoms with Crippen LogP contribution in [0.25, 0.3) is 27.3 Å². The maximum Gasteiger partial charge on any atom is 0.243 e. The Kier molecular flexibility index (Phi) is 4.83. The first-order chi connectivity index (χ1) is 14.5. The lowest BCUT2D eigenvalue weighted by atomic mass is 9.97. The number of hydrogen-bond acceptors (Lipinski definition) is 6. The van der Waals surface area contributed by atoms with Crippen LogP contribution in [0.2, 0.25) is 0 Å². The molecule has 1 aliphatic rings. The van der Waals surface area contributed by atoms with Crippen molar-refractivity contribution in [3.8, 4) is 11.4 Å². The summed E-state index contributed by atoms with van der Waals surface area (Å²) in [6.07, 6.45) is 6.27. The number of nitrogens with zero attached hydrogens (tertiary/aromatic N) is 5. The molecule has 0 bridgehead atoms. The molecule has 0 amide bonds. The molecule has 3 heterocycles. The SMILES string of the molecule is CCN(CC)S(=O)(=O)c1cccc(-c2nc3c4c5c(sc4ncn3n2)CCCC5)c1. The minimum atomic E-state index is -3.54. The molecule has 0 radical (unpaired) electrons. The van der Waals surface area contributed by atoms with Crippen molar-refractivity contribution in [3.63, 3.8) is 0 Å². The van der Waals surface area contributed by atoms with Gasteiger partial charge in [0.05, 0.1) is 10.3 Å². The molecule has 1 aliphatic carbocycles. The molecular weight excluding hydrogens is 418 g/mol. The number of sulfonamides is 1. The van der Waals surface area contributed by atoms with Crippen molar-refractivity contribution < 1.29 is 8.42 Å². The van der Waals surface area contributed by atoms with Crippen LogP contribution in [0, 0.1) is 0 Å². The van der Waals surface area contributed by atoms with E-state index < -0.39 is 10.0 Å². The Bertz CT molecular complexity index is 1350. The molecular formula is C21H23N5O2S2. The molecule has 3 aromatic heterocycles. The average molecular weight is 442 g/mol. The Morgan fingerprint density at radius 1 is 1.17 bits per heavy atom. The molecule has 0 N–H and O–H groups in total. The van der Waals surface area contributed by atoms with Crippen LogP contribution in [0.5, 0.6) is 0 Å². The highest BCUT2D eigenvalue weighted by atomic mass is 32.2. The van der Waals surface area contributed by atoms with Crippen LogP contribution in [0.15, 0.2) is 35.5 Å². The van der Waals surface area contributed by atoms with Crippen molar-refractivity contribution in [1.82, 2.24) is 23.9 Å². The Balaban J connectivity index is 1.64. The summed E-state index contributed by atoms with van der Waals surface area (Å²) in [6.45, 7) is 4.55. The van der Waals surface area contributed by atoms with E-state index in [1.54, 1.807) is 40.4 Å². The lowest BCUT2D eigenvalue weighted by molar-refractivity contribution is 0.445. The highest BCUT2D eigenvalue weighted by molar-refractivity contribution is 7.89. The lowest BCUT2D eigenvalue weighted by Gasteiger charge is -2.18. The molecule has 1 aromatic carbocycles. The third-order valence-electron chi connectivity index (χ3n) is 5.73. The summed E-state index contributed by atoms with van der Waals surface area (Å²) in [4.78, 5) is 12.1. The predicted molar refractivity (Wildman–Crippen MR) is 118 cm³/mol. The van der Waals surface area contributed by atoms with Gasteiger partial charge in [-0.1, -0.05) is 26.0 Å². The van der Waals surface area contributed by atoms with Gasteiger partial charge >= 0.3 is 0 Å². The van der Waals surface area contributed by atoms with Gasteiger partial charge in [-0.2, -0.15) is 4.31 Å². The third-order valence-corrected chi connectivity index (χ3v) is 8.97. The third kappa shape index (κ3) is 3.03. The summed E-state index contributed by atoms with van der Waals surface area (Å²) in [5.74, 6) is 0.511. The van der Waals surface area contributed by atoms with Gasteiger partial charge in [-0.25, -0.2) is 22.9 Å².